The molecule has 1 N–H and O–H groups in total. The monoisotopic (exact) mass is 419 g/mol. The molecule has 2 aromatic heterocycles. The molecule has 2 aromatic rings. The summed E-state index contributed by atoms with van der Waals surface area (Å²) in [6.07, 6.45) is 4.69. The van der Waals surface area contributed by atoms with Crippen LogP contribution in [0.1, 0.15) is 57.6 Å². The van der Waals surface area contributed by atoms with Crippen molar-refractivity contribution in [3.8, 4) is 0 Å². The van der Waals surface area contributed by atoms with Crippen LogP contribution in [0.25, 0.3) is 6.08 Å². The highest BCUT2D eigenvalue weighted by Crippen LogP contribution is 2.34. The second-order valence-electron chi connectivity index (χ2n) is 6.02. The number of aromatic nitrogens is 2. The van der Waals surface area contributed by atoms with Crippen molar-refractivity contribution in [2.24, 2.45) is 0 Å². The molecule has 0 aliphatic rings. The van der Waals surface area contributed by atoms with Gasteiger partial charge in [-0.2, -0.15) is 5.10 Å². The summed E-state index contributed by atoms with van der Waals surface area (Å²) in [7, 11) is 0. The zero-order valence-electron chi connectivity index (χ0n) is 17.2. The molecular weight excluding hydrogens is 394 g/mol. The van der Waals surface area contributed by atoms with Crippen LogP contribution >= 0.6 is 11.3 Å². The van der Waals surface area contributed by atoms with Gasteiger partial charge in [0.15, 0.2) is 0 Å². The second-order valence-corrected chi connectivity index (χ2v) is 7.05. The lowest BCUT2D eigenvalue weighted by Gasteiger charge is -2.05. The van der Waals surface area contributed by atoms with Gasteiger partial charge >= 0.3 is 11.9 Å². The van der Waals surface area contributed by atoms with Gasteiger partial charge < -0.3 is 14.8 Å². The number of nitrogens with one attached hydrogen (secondary N) is 1. The van der Waals surface area contributed by atoms with Crippen molar-refractivity contribution in [2.75, 3.05) is 18.5 Å². The SMILES string of the molecule is CCOC(=O)c1sc(NC(=O)C=Cc2cnn(CC)c2C)c(C(=O)OCC)c1C. The summed E-state index contributed by atoms with van der Waals surface area (Å²) in [5.41, 5.74) is 2.35. The number of esters is 2. The second kappa shape index (κ2) is 10.0. The lowest BCUT2D eigenvalue weighted by atomic mass is 10.1. The fourth-order valence-corrected chi connectivity index (χ4v) is 3.80. The van der Waals surface area contributed by atoms with Crippen molar-refractivity contribution < 1.29 is 23.9 Å². The highest BCUT2D eigenvalue weighted by Gasteiger charge is 2.27. The van der Waals surface area contributed by atoms with Crippen LogP contribution in [0, 0.1) is 13.8 Å². The fraction of sp³-hybridized carbons (Fsp3) is 0.400. The fourth-order valence-electron chi connectivity index (χ4n) is 2.70. The molecule has 0 spiro atoms. The summed E-state index contributed by atoms with van der Waals surface area (Å²) in [5, 5.41) is 7.15. The van der Waals surface area contributed by atoms with Crippen molar-refractivity contribution in [1.82, 2.24) is 9.78 Å². The molecule has 0 atom stereocenters. The number of hydrogen-bond acceptors (Lipinski definition) is 7. The highest BCUT2D eigenvalue weighted by atomic mass is 32.1. The summed E-state index contributed by atoms with van der Waals surface area (Å²) >= 11 is 0.992. The van der Waals surface area contributed by atoms with E-state index >= 15 is 0 Å². The number of amides is 1. The van der Waals surface area contributed by atoms with Gasteiger partial charge in [-0.15, -0.1) is 11.3 Å². The molecule has 0 bridgehead atoms. The maximum Gasteiger partial charge on any atom is 0.348 e. The van der Waals surface area contributed by atoms with E-state index in [2.05, 4.69) is 10.4 Å². The number of carbonyl (C=O) groups excluding carboxylic acids is 3. The van der Waals surface area contributed by atoms with E-state index in [4.69, 9.17) is 9.47 Å². The van der Waals surface area contributed by atoms with Gasteiger partial charge in [0, 0.05) is 23.9 Å². The molecule has 0 aliphatic heterocycles. The van der Waals surface area contributed by atoms with E-state index in [0.717, 1.165) is 29.1 Å². The number of thiophene rings is 1. The number of carbonyl (C=O) groups is 3. The van der Waals surface area contributed by atoms with Crippen LogP contribution in [0.5, 0.6) is 0 Å². The minimum absolute atomic E-state index is 0.164. The van der Waals surface area contributed by atoms with E-state index in [0.29, 0.717) is 5.56 Å². The minimum Gasteiger partial charge on any atom is -0.462 e. The molecule has 8 nitrogen and oxygen atoms in total. The molecule has 156 valence electrons. The normalized spacial score (nSPS) is 10.9. The van der Waals surface area contributed by atoms with Gasteiger partial charge in [-0.1, -0.05) is 0 Å². The first kappa shape index (κ1) is 22.4. The van der Waals surface area contributed by atoms with E-state index in [-0.39, 0.29) is 28.7 Å². The zero-order valence-corrected chi connectivity index (χ0v) is 18.0. The molecule has 0 unspecified atom stereocenters. The van der Waals surface area contributed by atoms with Gasteiger partial charge in [0.2, 0.25) is 5.91 Å². The Morgan fingerprint density at radius 2 is 1.79 bits per heavy atom. The van der Waals surface area contributed by atoms with Crippen LogP contribution in [-0.4, -0.2) is 40.8 Å². The van der Waals surface area contributed by atoms with E-state index in [1.54, 1.807) is 33.0 Å². The predicted molar refractivity (Wildman–Crippen MR) is 111 cm³/mol. The Labute approximate surface area is 173 Å². The minimum atomic E-state index is -0.601. The molecular formula is C20H25N3O5S. The molecule has 0 aromatic carbocycles. The van der Waals surface area contributed by atoms with Crippen LogP contribution in [0.2, 0.25) is 0 Å². The molecule has 0 aliphatic carbocycles. The standard InChI is InChI=1S/C20H25N3O5S/c1-6-23-13(5)14(11-21-23)9-10-15(24)22-18-16(19(25)27-7-2)12(4)17(29-18)20(26)28-8-3/h9-11H,6-8H2,1-5H3,(H,22,24). The molecule has 0 saturated carbocycles. The van der Waals surface area contributed by atoms with Crippen molar-refractivity contribution in [3.63, 3.8) is 0 Å². The van der Waals surface area contributed by atoms with Crippen molar-refractivity contribution >= 4 is 40.3 Å². The third-order valence-electron chi connectivity index (χ3n) is 4.18. The lowest BCUT2D eigenvalue weighted by Crippen LogP contribution is -2.13. The number of ether oxygens (including phenoxy) is 2. The summed E-state index contributed by atoms with van der Waals surface area (Å²) in [6.45, 7) is 10.0. The van der Waals surface area contributed by atoms with Gasteiger partial charge in [-0.05, 0) is 46.3 Å². The Bertz CT molecular complexity index is 942. The average molecular weight is 420 g/mol. The van der Waals surface area contributed by atoms with Gasteiger partial charge in [0.1, 0.15) is 9.88 Å². The van der Waals surface area contributed by atoms with E-state index < -0.39 is 17.8 Å². The van der Waals surface area contributed by atoms with Crippen LogP contribution in [0.4, 0.5) is 5.00 Å². The van der Waals surface area contributed by atoms with Crippen LogP contribution in [0.15, 0.2) is 12.3 Å². The highest BCUT2D eigenvalue weighted by molar-refractivity contribution is 7.18. The van der Waals surface area contributed by atoms with E-state index in [1.165, 1.54) is 6.08 Å². The Morgan fingerprint density at radius 1 is 1.14 bits per heavy atom. The van der Waals surface area contributed by atoms with E-state index in [9.17, 15) is 14.4 Å². The number of anilines is 1. The molecule has 1 amide bonds. The molecule has 9 heteroatoms. The lowest BCUT2D eigenvalue weighted by molar-refractivity contribution is -0.111. The Morgan fingerprint density at radius 3 is 2.38 bits per heavy atom. The van der Waals surface area contributed by atoms with Crippen LogP contribution < -0.4 is 5.32 Å². The summed E-state index contributed by atoms with van der Waals surface area (Å²) < 4.78 is 11.9. The quantitative estimate of drug-likeness (QED) is 0.519. The smallest absolute Gasteiger partial charge is 0.348 e. The van der Waals surface area contributed by atoms with Crippen molar-refractivity contribution in [1.29, 1.82) is 0 Å². The number of nitrogens with zero attached hydrogens (tertiary/aromatic N) is 2. The molecule has 2 rings (SSSR count). The molecule has 29 heavy (non-hydrogen) atoms. The van der Waals surface area contributed by atoms with Gasteiger partial charge in [-0.25, -0.2) is 9.59 Å². The van der Waals surface area contributed by atoms with Crippen molar-refractivity contribution in [3.05, 3.63) is 39.5 Å². The molecule has 0 radical (unpaired) electrons. The van der Waals surface area contributed by atoms with Gasteiger partial charge in [0.05, 0.1) is 25.0 Å². The summed E-state index contributed by atoms with van der Waals surface area (Å²) in [6, 6.07) is 0. The summed E-state index contributed by atoms with van der Waals surface area (Å²) in [4.78, 5) is 37.2. The first-order chi connectivity index (χ1) is 13.8. The van der Waals surface area contributed by atoms with E-state index in [1.807, 2.05) is 18.5 Å². The number of hydrogen-bond donors (Lipinski definition) is 1. The van der Waals surface area contributed by atoms with Crippen molar-refractivity contribution in [2.45, 2.75) is 41.2 Å². The Hall–Kier alpha value is -2.94. The zero-order chi connectivity index (χ0) is 21.6. The maximum absolute atomic E-state index is 12.4. The summed E-state index contributed by atoms with van der Waals surface area (Å²) in [5.74, 6) is -1.58. The Kier molecular flexibility index (Phi) is 7.72. The van der Waals surface area contributed by atoms with Gasteiger partial charge in [0.25, 0.3) is 0 Å². The molecule has 0 fully saturated rings. The first-order valence-corrected chi connectivity index (χ1v) is 10.1. The molecule has 2 heterocycles. The topological polar surface area (TPSA) is 99.5 Å². The predicted octanol–water partition coefficient (Wildman–Crippen LogP) is 3.59. The number of aryl methyl sites for hydroxylation is 1. The maximum atomic E-state index is 12.4. The van der Waals surface area contributed by atoms with Crippen LogP contribution in [-0.2, 0) is 20.8 Å². The third kappa shape index (κ3) is 5.11. The average Bonchev–Trinajstić information content (AvgIpc) is 3.19. The first-order valence-electron chi connectivity index (χ1n) is 9.32. The van der Waals surface area contributed by atoms with Gasteiger partial charge in [-0.3, -0.25) is 9.48 Å². The largest absolute Gasteiger partial charge is 0.462 e. The third-order valence-corrected chi connectivity index (χ3v) is 5.37. The van der Waals surface area contributed by atoms with Crippen LogP contribution in [0.3, 0.4) is 0 Å². The number of rotatable bonds is 8. The Balaban J connectivity index is 2.29. The molecule has 0 saturated heterocycles.